The van der Waals surface area contributed by atoms with Crippen LogP contribution in [-0.4, -0.2) is 43.5 Å². The second-order valence-electron chi connectivity index (χ2n) is 6.59. The Hall–Kier alpha value is -4.06. The molecule has 1 aromatic heterocycles. The number of ether oxygens (including phenoxy) is 2. The number of nitrogens with zero attached hydrogens (tertiary/aromatic N) is 2. The van der Waals surface area contributed by atoms with Crippen molar-refractivity contribution < 1.29 is 31.9 Å². The monoisotopic (exact) mass is 474 g/mol. The highest BCUT2D eigenvalue weighted by molar-refractivity contribution is 7.92. The van der Waals surface area contributed by atoms with Crippen LogP contribution in [0.1, 0.15) is 17.3 Å². The van der Waals surface area contributed by atoms with Gasteiger partial charge in [-0.05, 0) is 55.5 Å². The summed E-state index contributed by atoms with van der Waals surface area (Å²) in [6.07, 6.45) is 1.58. The van der Waals surface area contributed by atoms with Gasteiger partial charge in [-0.3, -0.25) is 4.79 Å². The highest BCUT2D eigenvalue weighted by Crippen LogP contribution is 2.19. The van der Waals surface area contributed by atoms with Crippen LogP contribution in [0.5, 0.6) is 5.75 Å². The largest absolute Gasteiger partial charge is 0.494 e. The lowest BCUT2D eigenvalue weighted by atomic mass is 10.2. The first-order chi connectivity index (χ1) is 15.7. The van der Waals surface area contributed by atoms with Gasteiger partial charge in [0.25, 0.3) is 15.9 Å². The van der Waals surface area contributed by atoms with Crippen LogP contribution in [0.4, 0.5) is 16.0 Å². The number of methoxy groups -OCH3 is 1. The summed E-state index contributed by atoms with van der Waals surface area (Å²) in [5.41, 5.74) is 0.186. The molecule has 3 rings (SSSR count). The predicted octanol–water partition coefficient (Wildman–Crippen LogP) is 2.61. The maximum atomic E-state index is 13.8. The van der Waals surface area contributed by atoms with Gasteiger partial charge < -0.3 is 14.8 Å². The van der Waals surface area contributed by atoms with Gasteiger partial charge in [-0.25, -0.2) is 32.3 Å². The summed E-state index contributed by atoms with van der Waals surface area (Å²) in [7, 11) is -2.64. The zero-order valence-corrected chi connectivity index (χ0v) is 18.3. The van der Waals surface area contributed by atoms with E-state index in [0.717, 1.165) is 6.07 Å². The van der Waals surface area contributed by atoms with E-state index in [4.69, 9.17) is 9.47 Å². The summed E-state index contributed by atoms with van der Waals surface area (Å²) in [5.74, 6) is -2.41. The third-order valence-corrected chi connectivity index (χ3v) is 5.61. The van der Waals surface area contributed by atoms with Gasteiger partial charge in [-0.15, -0.1) is 0 Å². The van der Waals surface area contributed by atoms with Crippen molar-refractivity contribution in [1.82, 2.24) is 9.97 Å². The fourth-order valence-corrected chi connectivity index (χ4v) is 3.53. The number of amides is 1. The molecule has 0 aliphatic carbocycles. The van der Waals surface area contributed by atoms with Gasteiger partial charge in [0.1, 0.15) is 0 Å². The van der Waals surface area contributed by atoms with E-state index in [1.54, 1.807) is 6.07 Å². The molecule has 10 nitrogen and oxygen atoms in total. The van der Waals surface area contributed by atoms with Gasteiger partial charge in [-0.1, -0.05) is 0 Å². The molecule has 3 aromatic rings. The summed E-state index contributed by atoms with van der Waals surface area (Å²) in [4.78, 5) is 32.0. The number of hydrogen-bond donors (Lipinski definition) is 2. The number of hydrogen-bond acceptors (Lipinski definition) is 8. The Bertz CT molecular complexity index is 1250. The molecule has 0 fully saturated rings. The third-order valence-electron chi connectivity index (χ3n) is 4.26. The smallest absolute Gasteiger partial charge is 0.339 e. The van der Waals surface area contributed by atoms with E-state index >= 15 is 0 Å². The van der Waals surface area contributed by atoms with E-state index in [2.05, 4.69) is 20.0 Å². The maximum Gasteiger partial charge on any atom is 0.339 e. The summed E-state index contributed by atoms with van der Waals surface area (Å²) in [6, 6.07) is 10.3. The number of aromatic nitrogens is 2. The molecule has 0 aliphatic rings. The van der Waals surface area contributed by atoms with Crippen molar-refractivity contribution in [2.24, 2.45) is 0 Å². The zero-order valence-electron chi connectivity index (χ0n) is 17.5. The number of benzene rings is 2. The molecular weight excluding hydrogens is 455 g/mol. The average molecular weight is 474 g/mol. The highest BCUT2D eigenvalue weighted by Gasteiger charge is 2.21. The van der Waals surface area contributed by atoms with E-state index < -0.39 is 33.8 Å². The Morgan fingerprint density at radius 2 is 1.73 bits per heavy atom. The molecule has 1 amide bonds. The second-order valence-corrected chi connectivity index (χ2v) is 8.27. The van der Waals surface area contributed by atoms with Crippen molar-refractivity contribution in [2.75, 3.05) is 17.1 Å². The minimum absolute atomic E-state index is 0.0331. The molecule has 2 N–H and O–H groups in total. The van der Waals surface area contributed by atoms with E-state index in [1.807, 2.05) is 0 Å². The van der Waals surface area contributed by atoms with E-state index in [9.17, 15) is 22.4 Å². The van der Waals surface area contributed by atoms with Crippen LogP contribution in [0, 0.1) is 5.82 Å². The van der Waals surface area contributed by atoms with Gasteiger partial charge in [-0.2, -0.15) is 0 Å². The summed E-state index contributed by atoms with van der Waals surface area (Å²) >= 11 is 0. The molecule has 2 aromatic carbocycles. The molecular formula is C21H19FN4O6S. The first-order valence-corrected chi connectivity index (χ1v) is 10.9. The molecule has 33 heavy (non-hydrogen) atoms. The van der Waals surface area contributed by atoms with Gasteiger partial charge >= 0.3 is 5.97 Å². The normalized spacial score (nSPS) is 11.8. The minimum Gasteiger partial charge on any atom is -0.494 e. The molecule has 0 saturated carbocycles. The van der Waals surface area contributed by atoms with Crippen molar-refractivity contribution in [3.8, 4) is 5.75 Å². The van der Waals surface area contributed by atoms with Crippen molar-refractivity contribution in [3.05, 3.63) is 72.3 Å². The Balaban J connectivity index is 1.60. The molecule has 0 radical (unpaired) electrons. The molecule has 1 heterocycles. The lowest BCUT2D eigenvalue weighted by Gasteiger charge is -2.14. The highest BCUT2D eigenvalue weighted by atomic mass is 32.2. The van der Waals surface area contributed by atoms with Crippen LogP contribution in [-0.2, 0) is 19.6 Å². The number of anilines is 2. The Labute approximate surface area is 188 Å². The fourth-order valence-electron chi connectivity index (χ4n) is 2.57. The van der Waals surface area contributed by atoms with Gasteiger partial charge in [0.05, 0.1) is 17.6 Å². The van der Waals surface area contributed by atoms with E-state index in [0.29, 0.717) is 0 Å². The topological polar surface area (TPSA) is 137 Å². The molecule has 172 valence electrons. The molecule has 1 atom stereocenters. The van der Waals surface area contributed by atoms with Crippen molar-refractivity contribution >= 4 is 33.5 Å². The molecule has 0 spiro atoms. The van der Waals surface area contributed by atoms with Crippen LogP contribution < -0.4 is 14.8 Å². The maximum absolute atomic E-state index is 13.8. The van der Waals surface area contributed by atoms with Crippen LogP contribution in [0.3, 0.4) is 0 Å². The Morgan fingerprint density at radius 3 is 2.33 bits per heavy atom. The minimum atomic E-state index is -3.93. The van der Waals surface area contributed by atoms with Crippen LogP contribution in [0.25, 0.3) is 0 Å². The van der Waals surface area contributed by atoms with Gasteiger partial charge in [0.2, 0.25) is 5.95 Å². The molecule has 0 saturated heterocycles. The number of carbonyl (C=O) groups excluding carboxylic acids is 2. The summed E-state index contributed by atoms with van der Waals surface area (Å²) < 4.78 is 50.6. The first kappa shape index (κ1) is 23.6. The standard InChI is InChI=1S/C21H19FN4O6S/c1-13(32-20(28)14-4-9-18(31-2)17(22)12-14)19(27)25-15-5-7-16(8-6-15)33(29,30)26-21-23-10-3-11-24-21/h3-13H,1-2H3,(H,25,27)(H,23,24,26)/t13-/m0/s1. The predicted molar refractivity (Wildman–Crippen MR) is 116 cm³/mol. The molecule has 12 heteroatoms. The molecule has 0 unspecified atom stereocenters. The SMILES string of the molecule is COc1ccc(C(=O)O[C@@H](C)C(=O)Nc2ccc(S(=O)(=O)Nc3ncccn3)cc2)cc1F. The number of halogens is 1. The number of rotatable bonds is 8. The first-order valence-electron chi connectivity index (χ1n) is 9.45. The molecule has 0 bridgehead atoms. The second kappa shape index (κ2) is 10.0. The lowest BCUT2D eigenvalue weighted by Crippen LogP contribution is -2.30. The van der Waals surface area contributed by atoms with Crippen molar-refractivity contribution in [3.63, 3.8) is 0 Å². The molecule has 0 aliphatic heterocycles. The zero-order chi connectivity index (χ0) is 24.0. The van der Waals surface area contributed by atoms with E-state index in [-0.39, 0.29) is 27.8 Å². The number of carbonyl (C=O) groups is 2. The number of nitrogens with one attached hydrogen (secondary N) is 2. The van der Waals surface area contributed by atoms with E-state index in [1.165, 1.54) is 62.8 Å². The third kappa shape index (κ3) is 6.01. The lowest BCUT2D eigenvalue weighted by molar-refractivity contribution is -0.123. The Kier molecular flexibility index (Phi) is 7.18. The quantitative estimate of drug-likeness (QED) is 0.476. The van der Waals surface area contributed by atoms with Crippen LogP contribution in [0.2, 0.25) is 0 Å². The van der Waals surface area contributed by atoms with Crippen molar-refractivity contribution in [2.45, 2.75) is 17.9 Å². The van der Waals surface area contributed by atoms with Crippen LogP contribution in [0.15, 0.2) is 65.8 Å². The average Bonchev–Trinajstić information content (AvgIpc) is 2.79. The number of sulfonamides is 1. The summed E-state index contributed by atoms with van der Waals surface area (Å²) in [6.45, 7) is 1.34. The summed E-state index contributed by atoms with van der Waals surface area (Å²) in [5, 5.41) is 2.51. The van der Waals surface area contributed by atoms with Crippen LogP contribution >= 0.6 is 0 Å². The Morgan fingerprint density at radius 1 is 1.06 bits per heavy atom. The van der Waals surface area contributed by atoms with Gasteiger partial charge in [0, 0.05) is 18.1 Å². The fraction of sp³-hybridized carbons (Fsp3) is 0.143. The van der Waals surface area contributed by atoms with Crippen molar-refractivity contribution in [1.29, 1.82) is 0 Å². The number of esters is 1. The van der Waals surface area contributed by atoms with Gasteiger partial charge in [0.15, 0.2) is 17.7 Å².